The van der Waals surface area contributed by atoms with Crippen molar-refractivity contribution in [2.45, 2.75) is 25.2 Å². The molecule has 146 valence electrons. The molecule has 0 aromatic heterocycles. The predicted molar refractivity (Wildman–Crippen MR) is 105 cm³/mol. The second kappa shape index (κ2) is 9.01. The topological polar surface area (TPSA) is 75.7 Å². The lowest BCUT2D eigenvalue weighted by Gasteiger charge is -2.17. The number of sulfonamides is 1. The van der Waals surface area contributed by atoms with Gasteiger partial charge in [0.15, 0.2) is 0 Å². The van der Waals surface area contributed by atoms with Crippen LogP contribution in [0.5, 0.6) is 5.75 Å². The second-order valence-electron chi connectivity index (χ2n) is 6.46. The van der Waals surface area contributed by atoms with Crippen molar-refractivity contribution >= 4 is 15.9 Å². The fraction of sp³-hybridized carbons (Fsp3) is 0.350. The highest BCUT2D eigenvalue weighted by molar-refractivity contribution is 7.89. The number of amides is 1. The number of ether oxygens (including phenoxy) is 1. The van der Waals surface area contributed by atoms with Crippen molar-refractivity contribution in [1.29, 1.82) is 0 Å². The molecule has 6 nitrogen and oxygen atoms in total. The molecule has 0 atom stereocenters. The highest BCUT2D eigenvalue weighted by Crippen LogP contribution is 2.18. The van der Waals surface area contributed by atoms with Crippen LogP contribution >= 0.6 is 0 Å². The monoisotopic (exact) mass is 390 g/mol. The Kier molecular flexibility index (Phi) is 6.98. The van der Waals surface area contributed by atoms with Gasteiger partial charge in [-0.15, -0.1) is 0 Å². The lowest BCUT2D eigenvalue weighted by molar-refractivity contribution is -0.121. The van der Waals surface area contributed by atoms with Crippen LogP contribution in [-0.4, -0.2) is 45.9 Å². The Morgan fingerprint density at radius 2 is 1.74 bits per heavy atom. The maximum Gasteiger partial charge on any atom is 0.243 e. The number of nitrogens with zero attached hydrogens (tertiary/aromatic N) is 1. The van der Waals surface area contributed by atoms with Gasteiger partial charge in [-0.05, 0) is 61.2 Å². The molecule has 0 aliphatic heterocycles. The van der Waals surface area contributed by atoms with Crippen molar-refractivity contribution < 1.29 is 17.9 Å². The fourth-order valence-corrected chi connectivity index (χ4v) is 3.75. The summed E-state index contributed by atoms with van der Waals surface area (Å²) in [6, 6.07) is 12.5. The Labute approximate surface area is 161 Å². The van der Waals surface area contributed by atoms with Gasteiger partial charge < -0.3 is 10.1 Å². The largest absolute Gasteiger partial charge is 0.497 e. The Balaban J connectivity index is 1.89. The summed E-state index contributed by atoms with van der Waals surface area (Å²) in [6.07, 6.45) is 0.656. The number of aryl methyl sites for hydroxylation is 2. The number of likely N-dealkylation sites (N-methyl/N-ethyl adjacent to an activating group) is 1. The highest BCUT2D eigenvalue weighted by Gasteiger charge is 2.23. The summed E-state index contributed by atoms with van der Waals surface area (Å²) in [5.74, 6) is 0.444. The van der Waals surface area contributed by atoms with E-state index < -0.39 is 10.0 Å². The molecule has 0 aliphatic rings. The van der Waals surface area contributed by atoms with E-state index in [9.17, 15) is 13.2 Å². The number of carbonyl (C=O) groups excluding carboxylic acids is 1. The van der Waals surface area contributed by atoms with Gasteiger partial charge in [-0.25, -0.2) is 8.42 Å². The highest BCUT2D eigenvalue weighted by atomic mass is 32.2. The molecule has 0 saturated heterocycles. The van der Waals surface area contributed by atoms with Crippen LogP contribution in [0.3, 0.4) is 0 Å². The molecule has 0 spiro atoms. The average Bonchev–Trinajstić information content (AvgIpc) is 2.64. The van der Waals surface area contributed by atoms with E-state index in [1.54, 1.807) is 25.3 Å². The predicted octanol–water partition coefficient (Wildman–Crippen LogP) is 2.29. The van der Waals surface area contributed by atoms with Crippen molar-refractivity contribution in [3.63, 3.8) is 0 Å². The molecule has 0 saturated carbocycles. The third-order valence-corrected chi connectivity index (χ3v) is 6.25. The van der Waals surface area contributed by atoms with Gasteiger partial charge in [0.2, 0.25) is 15.9 Å². The van der Waals surface area contributed by atoms with Gasteiger partial charge in [0.25, 0.3) is 0 Å². The van der Waals surface area contributed by atoms with E-state index in [0.29, 0.717) is 13.0 Å². The van der Waals surface area contributed by atoms with Gasteiger partial charge >= 0.3 is 0 Å². The third kappa shape index (κ3) is 5.55. The van der Waals surface area contributed by atoms with Crippen LogP contribution in [0.1, 0.15) is 16.7 Å². The van der Waals surface area contributed by atoms with Crippen LogP contribution in [0, 0.1) is 13.8 Å². The molecule has 2 aromatic carbocycles. The fourth-order valence-electron chi connectivity index (χ4n) is 2.54. The number of carbonyl (C=O) groups is 1. The minimum absolute atomic E-state index is 0.194. The summed E-state index contributed by atoms with van der Waals surface area (Å²) < 4.78 is 31.4. The number of hydrogen-bond acceptors (Lipinski definition) is 4. The standard InChI is InChI=1S/C20H26N2O4S/c1-15-5-10-19(13-16(15)2)27(24,25)22(3)14-20(23)21-12-11-17-6-8-18(26-4)9-7-17/h5-10,13H,11-12,14H2,1-4H3,(H,21,23). The van der Waals surface area contributed by atoms with Gasteiger partial charge in [0.05, 0.1) is 18.6 Å². The summed E-state index contributed by atoms with van der Waals surface area (Å²) in [4.78, 5) is 12.3. The summed E-state index contributed by atoms with van der Waals surface area (Å²) in [5, 5.41) is 2.76. The van der Waals surface area contributed by atoms with E-state index in [1.807, 2.05) is 38.1 Å². The molecule has 0 unspecified atom stereocenters. The molecule has 0 aliphatic carbocycles. The number of benzene rings is 2. The molecule has 27 heavy (non-hydrogen) atoms. The summed E-state index contributed by atoms with van der Waals surface area (Å²) >= 11 is 0. The minimum Gasteiger partial charge on any atom is -0.497 e. The zero-order valence-corrected chi connectivity index (χ0v) is 17.0. The van der Waals surface area contributed by atoms with Gasteiger partial charge in [0, 0.05) is 13.6 Å². The molecule has 7 heteroatoms. The van der Waals surface area contributed by atoms with Gasteiger partial charge in [-0.1, -0.05) is 18.2 Å². The van der Waals surface area contributed by atoms with Crippen LogP contribution in [0.15, 0.2) is 47.4 Å². The lowest BCUT2D eigenvalue weighted by atomic mass is 10.1. The SMILES string of the molecule is COc1ccc(CCNC(=O)CN(C)S(=O)(=O)c2ccc(C)c(C)c2)cc1. The Hall–Kier alpha value is -2.38. The zero-order chi connectivity index (χ0) is 20.0. The van der Waals surface area contributed by atoms with Gasteiger partial charge in [-0.2, -0.15) is 4.31 Å². The molecule has 1 N–H and O–H groups in total. The number of rotatable bonds is 8. The first-order valence-electron chi connectivity index (χ1n) is 8.67. The molecule has 1 amide bonds. The van der Waals surface area contributed by atoms with E-state index in [2.05, 4.69) is 5.32 Å². The molecule has 0 radical (unpaired) electrons. The summed E-state index contributed by atoms with van der Waals surface area (Å²) in [6.45, 7) is 3.99. The smallest absolute Gasteiger partial charge is 0.243 e. The minimum atomic E-state index is -3.70. The molecule has 0 heterocycles. The first-order valence-corrected chi connectivity index (χ1v) is 10.1. The Morgan fingerprint density at radius 1 is 1.07 bits per heavy atom. The van der Waals surface area contributed by atoms with E-state index >= 15 is 0 Å². The van der Waals surface area contributed by atoms with Crippen LogP contribution < -0.4 is 10.1 Å². The third-order valence-electron chi connectivity index (χ3n) is 4.45. The van der Waals surface area contributed by atoms with E-state index in [0.717, 1.165) is 26.7 Å². The maximum atomic E-state index is 12.6. The normalized spacial score (nSPS) is 11.4. The van der Waals surface area contributed by atoms with Crippen LogP contribution in [0.4, 0.5) is 0 Å². The van der Waals surface area contributed by atoms with Crippen molar-refractivity contribution in [2.24, 2.45) is 0 Å². The number of hydrogen-bond donors (Lipinski definition) is 1. The molecule has 0 bridgehead atoms. The van der Waals surface area contributed by atoms with Crippen molar-refractivity contribution in [3.05, 3.63) is 59.2 Å². The average molecular weight is 391 g/mol. The van der Waals surface area contributed by atoms with E-state index in [1.165, 1.54) is 7.05 Å². The lowest BCUT2D eigenvalue weighted by Crippen LogP contribution is -2.39. The van der Waals surface area contributed by atoms with Gasteiger partial charge in [0.1, 0.15) is 5.75 Å². The zero-order valence-electron chi connectivity index (χ0n) is 16.2. The van der Waals surface area contributed by atoms with Crippen LogP contribution in [0.25, 0.3) is 0 Å². The first-order chi connectivity index (χ1) is 12.7. The first kappa shape index (κ1) is 20.9. The molecule has 0 fully saturated rings. The Bertz CT molecular complexity index is 893. The quantitative estimate of drug-likeness (QED) is 0.750. The van der Waals surface area contributed by atoms with Gasteiger partial charge in [-0.3, -0.25) is 4.79 Å². The molecular formula is C20H26N2O4S. The number of nitrogens with one attached hydrogen (secondary N) is 1. The van der Waals surface area contributed by atoms with Crippen molar-refractivity contribution in [3.8, 4) is 5.75 Å². The second-order valence-corrected chi connectivity index (χ2v) is 8.50. The van der Waals surface area contributed by atoms with Crippen LogP contribution in [0.2, 0.25) is 0 Å². The summed E-state index contributed by atoms with van der Waals surface area (Å²) in [5.41, 5.74) is 2.98. The number of methoxy groups -OCH3 is 1. The Morgan fingerprint density at radius 3 is 2.33 bits per heavy atom. The maximum absolute atomic E-state index is 12.6. The van der Waals surface area contributed by atoms with E-state index in [-0.39, 0.29) is 17.3 Å². The van der Waals surface area contributed by atoms with Crippen molar-refractivity contribution in [2.75, 3.05) is 27.2 Å². The molecule has 2 rings (SSSR count). The van der Waals surface area contributed by atoms with Crippen LogP contribution in [-0.2, 0) is 21.2 Å². The van der Waals surface area contributed by atoms with Crippen molar-refractivity contribution in [1.82, 2.24) is 9.62 Å². The van der Waals surface area contributed by atoms with E-state index in [4.69, 9.17) is 4.74 Å². The summed E-state index contributed by atoms with van der Waals surface area (Å²) in [7, 11) is -0.680. The molecule has 2 aromatic rings. The molecular weight excluding hydrogens is 364 g/mol.